The Labute approximate surface area is 120 Å². The van der Waals surface area contributed by atoms with Crippen molar-refractivity contribution in [2.75, 3.05) is 44.2 Å². The SMILES string of the molecule is NCC1(CN2CCN(c3ccc(Cl)cc3)CC2)CC1. The van der Waals surface area contributed by atoms with Crippen LogP contribution in [0.3, 0.4) is 0 Å². The maximum absolute atomic E-state index is 5.93. The van der Waals surface area contributed by atoms with Crippen molar-refractivity contribution in [2.24, 2.45) is 11.1 Å². The third-order valence-electron chi connectivity index (χ3n) is 4.51. The van der Waals surface area contributed by atoms with Gasteiger partial charge in [0.2, 0.25) is 0 Å². The Balaban J connectivity index is 1.53. The van der Waals surface area contributed by atoms with Crippen molar-refractivity contribution >= 4 is 17.3 Å². The molecule has 0 unspecified atom stereocenters. The Morgan fingerprint density at radius 1 is 1.05 bits per heavy atom. The molecule has 19 heavy (non-hydrogen) atoms. The van der Waals surface area contributed by atoms with Gasteiger partial charge in [-0.1, -0.05) is 11.6 Å². The predicted molar refractivity (Wildman–Crippen MR) is 80.8 cm³/mol. The van der Waals surface area contributed by atoms with Gasteiger partial charge in [0, 0.05) is 43.4 Å². The lowest BCUT2D eigenvalue weighted by molar-refractivity contribution is 0.211. The summed E-state index contributed by atoms with van der Waals surface area (Å²) in [6.45, 7) is 6.53. The van der Waals surface area contributed by atoms with E-state index in [1.165, 1.54) is 25.1 Å². The van der Waals surface area contributed by atoms with Crippen molar-refractivity contribution in [2.45, 2.75) is 12.8 Å². The lowest BCUT2D eigenvalue weighted by atomic mass is 10.1. The van der Waals surface area contributed by atoms with Gasteiger partial charge in [-0.3, -0.25) is 4.90 Å². The Morgan fingerprint density at radius 3 is 2.21 bits per heavy atom. The van der Waals surface area contributed by atoms with Gasteiger partial charge in [0.1, 0.15) is 0 Å². The van der Waals surface area contributed by atoms with Crippen molar-refractivity contribution < 1.29 is 0 Å². The molecule has 2 fully saturated rings. The van der Waals surface area contributed by atoms with Crippen LogP contribution in [0.4, 0.5) is 5.69 Å². The van der Waals surface area contributed by atoms with Crippen molar-refractivity contribution in [1.29, 1.82) is 0 Å². The van der Waals surface area contributed by atoms with Crippen LogP contribution in [0.15, 0.2) is 24.3 Å². The van der Waals surface area contributed by atoms with Crippen molar-refractivity contribution in [3.63, 3.8) is 0 Å². The molecule has 0 radical (unpaired) electrons. The largest absolute Gasteiger partial charge is 0.369 e. The monoisotopic (exact) mass is 279 g/mol. The number of piperazine rings is 1. The maximum atomic E-state index is 5.93. The van der Waals surface area contributed by atoms with Gasteiger partial charge in [-0.25, -0.2) is 0 Å². The summed E-state index contributed by atoms with van der Waals surface area (Å²) in [4.78, 5) is 5.02. The van der Waals surface area contributed by atoms with E-state index in [0.29, 0.717) is 5.41 Å². The molecule has 4 heteroatoms. The molecular formula is C15H22ClN3. The molecular weight excluding hydrogens is 258 g/mol. The molecule has 0 bridgehead atoms. The van der Waals surface area contributed by atoms with E-state index in [2.05, 4.69) is 21.9 Å². The summed E-state index contributed by atoms with van der Waals surface area (Å²) in [5.74, 6) is 0. The maximum Gasteiger partial charge on any atom is 0.0407 e. The first kappa shape index (κ1) is 13.2. The number of hydrogen-bond acceptors (Lipinski definition) is 3. The molecule has 1 heterocycles. The van der Waals surface area contributed by atoms with Crippen LogP contribution in [0, 0.1) is 5.41 Å². The smallest absolute Gasteiger partial charge is 0.0407 e. The van der Waals surface area contributed by atoms with Crippen LogP contribution >= 0.6 is 11.6 Å². The number of nitrogens with two attached hydrogens (primary N) is 1. The summed E-state index contributed by atoms with van der Waals surface area (Å²) < 4.78 is 0. The summed E-state index contributed by atoms with van der Waals surface area (Å²) in [6.07, 6.45) is 2.64. The topological polar surface area (TPSA) is 32.5 Å². The molecule has 3 nitrogen and oxygen atoms in total. The zero-order chi connectivity index (χ0) is 13.3. The number of anilines is 1. The minimum Gasteiger partial charge on any atom is -0.369 e. The first-order valence-corrected chi connectivity index (χ1v) is 7.52. The molecule has 1 aliphatic heterocycles. The number of rotatable bonds is 4. The van der Waals surface area contributed by atoms with Crippen LogP contribution in [0.25, 0.3) is 0 Å². The molecule has 1 aromatic rings. The molecule has 0 spiro atoms. The minimum atomic E-state index is 0.461. The first-order chi connectivity index (χ1) is 9.21. The molecule has 1 saturated carbocycles. The van der Waals surface area contributed by atoms with Crippen molar-refractivity contribution in [1.82, 2.24) is 4.90 Å². The third-order valence-corrected chi connectivity index (χ3v) is 4.77. The van der Waals surface area contributed by atoms with Gasteiger partial charge in [0.25, 0.3) is 0 Å². The molecule has 1 aromatic carbocycles. The molecule has 104 valence electrons. The molecule has 1 aliphatic carbocycles. The van der Waals surface area contributed by atoms with Crippen LogP contribution in [0.5, 0.6) is 0 Å². The fourth-order valence-corrected chi connectivity index (χ4v) is 3.02. The van der Waals surface area contributed by atoms with Crippen LogP contribution in [-0.2, 0) is 0 Å². The first-order valence-electron chi connectivity index (χ1n) is 7.14. The third kappa shape index (κ3) is 3.04. The van der Waals surface area contributed by atoms with Crippen molar-refractivity contribution in [3.05, 3.63) is 29.3 Å². The number of benzene rings is 1. The van der Waals surface area contributed by atoms with E-state index < -0.39 is 0 Å². The highest BCUT2D eigenvalue weighted by molar-refractivity contribution is 6.30. The lowest BCUT2D eigenvalue weighted by Crippen LogP contribution is -2.48. The Hall–Kier alpha value is -0.770. The van der Waals surface area contributed by atoms with Gasteiger partial charge in [-0.15, -0.1) is 0 Å². The summed E-state index contributed by atoms with van der Waals surface area (Å²) in [5, 5.41) is 0.806. The highest BCUT2D eigenvalue weighted by Crippen LogP contribution is 2.45. The Bertz CT molecular complexity index is 420. The van der Waals surface area contributed by atoms with E-state index in [0.717, 1.165) is 37.7 Å². The summed E-state index contributed by atoms with van der Waals surface area (Å²) >= 11 is 5.93. The van der Waals surface area contributed by atoms with E-state index >= 15 is 0 Å². The standard InChI is InChI=1S/C15H22ClN3/c16-13-1-3-14(4-2-13)19-9-7-18(8-10-19)12-15(11-17)5-6-15/h1-4H,5-12,17H2. The van der Waals surface area contributed by atoms with Crippen LogP contribution in [-0.4, -0.2) is 44.2 Å². The highest BCUT2D eigenvalue weighted by atomic mass is 35.5. The molecule has 2 aliphatic rings. The fraction of sp³-hybridized carbons (Fsp3) is 0.600. The van der Waals surface area contributed by atoms with Gasteiger partial charge in [-0.05, 0) is 49.1 Å². The van der Waals surface area contributed by atoms with Crippen LogP contribution in [0.1, 0.15) is 12.8 Å². The number of hydrogen-bond donors (Lipinski definition) is 1. The highest BCUT2D eigenvalue weighted by Gasteiger charge is 2.42. The fourth-order valence-electron chi connectivity index (χ4n) is 2.89. The summed E-state index contributed by atoms with van der Waals surface area (Å²) in [6, 6.07) is 8.16. The second-order valence-electron chi connectivity index (χ2n) is 5.94. The zero-order valence-electron chi connectivity index (χ0n) is 11.3. The normalized spacial score (nSPS) is 22.5. The van der Waals surface area contributed by atoms with Gasteiger partial charge < -0.3 is 10.6 Å². The average Bonchev–Trinajstić information content (AvgIpc) is 3.21. The minimum absolute atomic E-state index is 0.461. The van der Waals surface area contributed by atoms with E-state index in [4.69, 9.17) is 17.3 Å². The second-order valence-corrected chi connectivity index (χ2v) is 6.38. The van der Waals surface area contributed by atoms with Crippen LogP contribution < -0.4 is 10.6 Å². The van der Waals surface area contributed by atoms with Gasteiger partial charge >= 0.3 is 0 Å². The molecule has 3 rings (SSSR count). The second kappa shape index (κ2) is 5.31. The summed E-state index contributed by atoms with van der Waals surface area (Å²) in [7, 11) is 0. The van der Waals surface area contributed by atoms with Gasteiger partial charge in [-0.2, -0.15) is 0 Å². The average molecular weight is 280 g/mol. The van der Waals surface area contributed by atoms with E-state index in [1.807, 2.05) is 12.1 Å². The quantitative estimate of drug-likeness (QED) is 0.917. The summed E-state index contributed by atoms with van der Waals surface area (Å²) in [5.41, 5.74) is 7.61. The number of nitrogens with zero attached hydrogens (tertiary/aromatic N) is 2. The Kier molecular flexibility index (Phi) is 3.70. The van der Waals surface area contributed by atoms with E-state index in [-0.39, 0.29) is 0 Å². The molecule has 0 atom stereocenters. The molecule has 0 amide bonds. The van der Waals surface area contributed by atoms with E-state index in [1.54, 1.807) is 0 Å². The van der Waals surface area contributed by atoms with Gasteiger partial charge in [0.15, 0.2) is 0 Å². The molecule has 2 N–H and O–H groups in total. The van der Waals surface area contributed by atoms with E-state index in [9.17, 15) is 0 Å². The number of halogens is 1. The van der Waals surface area contributed by atoms with Crippen LogP contribution in [0.2, 0.25) is 5.02 Å². The molecule has 0 aromatic heterocycles. The zero-order valence-corrected chi connectivity index (χ0v) is 12.1. The predicted octanol–water partition coefficient (Wildman–Crippen LogP) is 2.20. The lowest BCUT2D eigenvalue weighted by Gasteiger charge is -2.37. The molecule has 1 saturated heterocycles. The Morgan fingerprint density at radius 2 is 1.68 bits per heavy atom. The van der Waals surface area contributed by atoms with Crippen molar-refractivity contribution in [3.8, 4) is 0 Å². The van der Waals surface area contributed by atoms with Gasteiger partial charge in [0.05, 0.1) is 0 Å².